The molecule has 3 aromatic rings. The second-order valence-corrected chi connectivity index (χ2v) is 5.72. The van der Waals surface area contributed by atoms with Crippen LogP contribution in [0.3, 0.4) is 0 Å². The molecular weight excluding hydrogens is 314 g/mol. The van der Waals surface area contributed by atoms with Gasteiger partial charge in [0.05, 0.1) is 11.3 Å². The van der Waals surface area contributed by atoms with E-state index in [1.54, 1.807) is 18.3 Å². The van der Waals surface area contributed by atoms with Gasteiger partial charge in [-0.2, -0.15) is 0 Å². The van der Waals surface area contributed by atoms with Crippen LogP contribution in [0.2, 0.25) is 0 Å². The van der Waals surface area contributed by atoms with E-state index < -0.39 is 5.97 Å². The molecule has 0 bridgehead atoms. The summed E-state index contributed by atoms with van der Waals surface area (Å²) in [7, 11) is 0. The molecule has 1 heterocycles. The number of nitrogens with zero attached hydrogens (tertiary/aromatic N) is 1. The number of hydrogen-bond donors (Lipinski definition) is 1. The van der Waals surface area contributed by atoms with Gasteiger partial charge in [-0.05, 0) is 48.2 Å². The fourth-order valence-electron chi connectivity index (χ4n) is 2.55. The Labute approximate surface area is 146 Å². The van der Waals surface area contributed by atoms with E-state index in [-0.39, 0.29) is 0 Å². The van der Waals surface area contributed by atoms with Gasteiger partial charge in [-0.15, -0.1) is 0 Å². The Balaban J connectivity index is 1.63. The van der Waals surface area contributed by atoms with Crippen LogP contribution in [0.4, 0.5) is 0 Å². The number of aryl methyl sites for hydroxylation is 2. The number of hydrogen-bond acceptors (Lipinski definition) is 3. The first-order valence-electron chi connectivity index (χ1n) is 8.15. The minimum atomic E-state index is -0.909. The minimum Gasteiger partial charge on any atom is -0.487 e. The lowest BCUT2D eigenvalue weighted by Crippen LogP contribution is -2.02. The van der Waals surface area contributed by atoms with Gasteiger partial charge in [-0.25, -0.2) is 4.79 Å². The smallest absolute Gasteiger partial charge is 0.335 e. The lowest BCUT2D eigenvalue weighted by Gasteiger charge is -2.11. The third-order valence-corrected chi connectivity index (χ3v) is 3.94. The molecule has 0 aliphatic heterocycles. The zero-order valence-electron chi connectivity index (χ0n) is 13.8. The molecule has 0 saturated carbocycles. The maximum Gasteiger partial charge on any atom is 0.335 e. The number of pyridine rings is 1. The van der Waals surface area contributed by atoms with E-state index in [0.29, 0.717) is 12.2 Å². The highest BCUT2D eigenvalue weighted by Gasteiger charge is 2.07. The maximum absolute atomic E-state index is 10.9. The molecule has 0 amide bonds. The zero-order chi connectivity index (χ0) is 17.5. The number of benzene rings is 2. The Morgan fingerprint density at radius 1 is 0.880 bits per heavy atom. The summed E-state index contributed by atoms with van der Waals surface area (Å²) < 4.78 is 5.92. The SMILES string of the molecule is O=C(O)c1ccc(CCc2ncccc2OCc2ccccc2)cc1. The fourth-order valence-corrected chi connectivity index (χ4v) is 2.55. The number of aromatic carboxylic acids is 1. The van der Waals surface area contributed by atoms with Gasteiger partial charge in [0.15, 0.2) is 0 Å². The summed E-state index contributed by atoms with van der Waals surface area (Å²) in [4.78, 5) is 15.3. The number of ether oxygens (including phenoxy) is 1. The van der Waals surface area contributed by atoms with E-state index in [2.05, 4.69) is 4.98 Å². The van der Waals surface area contributed by atoms with E-state index in [9.17, 15) is 4.79 Å². The van der Waals surface area contributed by atoms with Crippen molar-refractivity contribution in [3.8, 4) is 5.75 Å². The maximum atomic E-state index is 10.9. The highest BCUT2D eigenvalue weighted by Crippen LogP contribution is 2.19. The second kappa shape index (κ2) is 8.11. The van der Waals surface area contributed by atoms with E-state index in [1.807, 2.05) is 54.6 Å². The predicted molar refractivity (Wildman–Crippen MR) is 95.8 cm³/mol. The molecule has 0 atom stereocenters. The number of carbonyl (C=O) groups is 1. The summed E-state index contributed by atoms with van der Waals surface area (Å²) in [5.74, 6) is -0.124. The summed E-state index contributed by atoms with van der Waals surface area (Å²) >= 11 is 0. The normalized spacial score (nSPS) is 10.4. The largest absolute Gasteiger partial charge is 0.487 e. The first kappa shape index (κ1) is 16.7. The molecular formula is C21H19NO3. The van der Waals surface area contributed by atoms with Gasteiger partial charge >= 0.3 is 5.97 Å². The summed E-state index contributed by atoms with van der Waals surface area (Å²) in [6.45, 7) is 0.507. The van der Waals surface area contributed by atoms with Crippen LogP contribution in [0.5, 0.6) is 5.75 Å². The van der Waals surface area contributed by atoms with Crippen molar-refractivity contribution in [2.24, 2.45) is 0 Å². The molecule has 0 aliphatic carbocycles. The predicted octanol–water partition coefficient (Wildman–Crippen LogP) is 4.14. The molecule has 1 N–H and O–H groups in total. The summed E-state index contributed by atoms with van der Waals surface area (Å²) in [6.07, 6.45) is 3.27. The molecule has 1 aromatic heterocycles. The topological polar surface area (TPSA) is 59.4 Å². The Morgan fingerprint density at radius 2 is 1.64 bits per heavy atom. The van der Waals surface area contributed by atoms with Crippen LogP contribution in [0.15, 0.2) is 72.9 Å². The van der Waals surface area contributed by atoms with Crippen LogP contribution in [0.1, 0.15) is 27.2 Å². The first-order valence-corrected chi connectivity index (χ1v) is 8.15. The van der Waals surface area contributed by atoms with Gasteiger partial charge in [0.1, 0.15) is 12.4 Å². The zero-order valence-corrected chi connectivity index (χ0v) is 13.8. The fraction of sp³-hybridized carbons (Fsp3) is 0.143. The van der Waals surface area contributed by atoms with Gasteiger partial charge in [0, 0.05) is 6.20 Å². The Kier molecular flexibility index (Phi) is 5.42. The second-order valence-electron chi connectivity index (χ2n) is 5.72. The monoisotopic (exact) mass is 333 g/mol. The molecule has 25 heavy (non-hydrogen) atoms. The van der Waals surface area contributed by atoms with Crippen molar-refractivity contribution in [3.63, 3.8) is 0 Å². The average molecular weight is 333 g/mol. The molecule has 4 heteroatoms. The lowest BCUT2D eigenvalue weighted by molar-refractivity contribution is 0.0697. The summed E-state index contributed by atoms with van der Waals surface area (Å²) in [6, 6.07) is 20.8. The molecule has 0 aliphatic rings. The summed E-state index contributed by atoms with van der Waals surface area (Å²) in [5.41, 5.74) is 3.39. The van der Waals surface area contributed by atoms with Gasteiger partial charge in [0.25, 0.3) is 0 Å². The number of aromatic nitrogens is 1. The Hall–Kier alpha value is -3.14. The van der Waals surface area contributed by atoms with Crippen LogP contribution in [-0.4, -0.2) is 16.1 Å². The Bertz CT molecular complexity index is 829. The minimum absolute atomic E-state index is 0.300. The highest BCUT2D eigenvalue weighted by atomic mass is 16.5. The lowest BCUT2D eigenvalue weighted by atomic mass is 10.1. The van der Waals surface area contributed by atoms with Crippen molar-refractivity contribution in [3.05, 3.63) is 95.3 Å². The molecule has 0 saturated heterocycles. The van der Waals surface area contributed by atoms with Crippen molar-refractivity contribution < 1.29 is 14.6 Å². The molecule has 126 valence electrons. The van der Waals surface area contributed by atoms with Gasteiger partial charge < -0.3 is 9.84 Å². The highest BCUT2D eigenvalue weighted by molar-refractivity contribution is 5.87. The van der Waals surface area contributed by atoms with Gasteiger partial charge in [-0.1, -0.05) is 42.5 Å². The van der Waals surface area contributed by atoms with Crippen molar-refractivity contribution in [2.75, 3.05) is 0 Å². The third kappa shape index (κ3) is 4.67. The third-order valence-electron chi connectivity index (χ3n) is 3.94. The van der Waals surface area contributed by atoms with E-state index in [4.69, 9.17) is 9.84 Å². The molecule has 2 aromatic carbocycles. The first-order chi connectivity index (χ1) is 12.2. The molecule has 0 unspecified atom stereocenters. The molecule has 0 spiro atoms. The molecule has 4 nitrogen and oxygen atoms in total. The quantitative estimate of drug-likeness (QED) is 0.706. The van der Waals surface area contributed by atoms with E-state index >= 15 is 0 Å². The van der Waals surface area contributed by atoms with Crippen molar-refractivity contribution >= 4 is 5.97 Å². The van der Waals surface area contributed by atoms with Gasteiger partial charge in [-0.3, -0.25) is 4.98 Å². The van der Waals surface area contributed by atoms with E-state index in [0.717, 1.165) is 35.4 Å². The number of rotatable bonds is 7. The number of carboxylic acids is 1. The standard InChI is InChI=1S/C21H19NO3/c23-21(24)18-11-8-16(9-12-18)10-13-19-20(7-4-14-22-19)25-15-17-5-2-1-3-6-17/h1-9,11-12,14H,10,13,15H2,(H,23,24). The van der Waals surface area contributed by atoms with Crippen molar-refractivity contribution in [2.45, 2.75) is 19.4 Å². The molecule has 0 fully saturated rings. The van der Waals surface area contributed by atoms with Gasteiger partial charge in [0.2, 0.25) is 0 Å². The van der Waals surface area contributed by atoms with Crippen LogP contribution < -0.4 is 4.74 Å². The van der Waals surface area contributed by atoms with Crippen molar-refractivity contribution in [1.82, 2.24) is 4.98 Å². The number of carboxylic acid groups (broad SMARTS) is 1. The van der Waals surface area contributed by atoms with Crippen LogP contribution in [-0.2, 0) is 19.4 Å². The average Bonchev–Trinajstić information content (AvgIpc) is 2.66. The van der Waals surface area contributed by atoms with E-state index in [1.165, 1.54) is 0 Å². The van der Waals surface area contributed by atoms with Crippen molar-refractivity contribution in [1.29, 1.82) is 0 Å². The van der Waals surface area contributed by atoms with Crippen LogP contribution >= 0.6 is 0 Å². The molecule has 3 rings (SSSR count). The van der Waals surface area contributed by atoms with Crippen LogP contribution in [0, 0.1) is 0 Å². The summed E-state index contributed by atoms with van der Waals surface area (Å²) in [5, 5.41) is 8.95. The molecule has 0 radical (unpaired) electrons. The van der Waals surface area contributed by atoms with Crippen LogP contribution in [0.25, 0.3) is 0 Å². The Morgan fingerprint density at radius 3 is 2.36 bits per heavy atom.